The maximum atomic E-state index is 13.3. The summed E-state index contributed by atoms with van der Waals surface area (Å²) in [6.07, 6.45) is 3.72. The van der Waals surface area contributed by atoms with Crippen LogP contribution in [0, 0.1) is 17.1 Å². The van der Waals surface area contributed by atoms with E-state index < -0.39 is 5.82 Å². The molecular formula is C15H19FN2. The van der Waals surface area contributed by atoms with Crippen LogP contribution in [-0.2, 0) is 6.54 Å². The van der Waals surface area contributed by atoms with Crippen LogP contribution < -0.4 is 0 Å². The number of hydrogen-bond acceptors (Lipinski definition) is 2. The maximum Gasteiger partial charge on any atom is 0.140 e. The lowest BCUT2D eigenvalue weighted by atomic mass is 9.96. The Bertz CT molecular complexity index is 454. The van der Waals surface area contributed by atoms with E-state index in [0.717, 1.165) is 12.1 Å². The summed E-state index contributed by atoms with van der Waals surface area (Å²) in [6, 6.07) is 7.87. The summed E-state index contributed by atoms with van der Waals surface area (Å²) < 4.78 is 13.3. The van der Waals surface area contributed by atoms with Crippen LogP contribution in [0.2, 0.25) is 0 Å². The van der Waals surface area contributed by atoms with E-state index >= 15 is 0 Å². The van der Waals surface area contributed by atoms with Gasteiger partial charge in [0.2, 0.25) is 0 Å². The highest BCUT2D eigenvalue weighted by molar-refractivity contribution is 5.34. The van der Waals surface area contributed by atoms with Gasteiger partial charge >= 0.3 is 0 Å². The number of halogens is 1. The van der Waals surface area contributed by atoms with E-state index in [1.165, 1.54) is 25.3 Å². The lowest BCUT2D eigenvalue weighted by molar-refractivity contribution is 0.0952. The molecule has 0 aliphatic carbocycles. The number of nitriles is 1. The zero-order valence-electron chi connectivity index (χ0n) is 11.0. The van der Waals surface area contributed by atoms with Gasteiger partial charge in [-0.2, -0.15) is 5.26 Å². The minimum Gasteiger partial charge on any atom is -0.294 e. The summed E-state index contributed by atoms with van der Waals surface area (Å²) in [7, 11) is 0. The first kappa shape index (κ1) is 13.0. The number of benzene rings is 1. The van der Waals surface area contributed by atoms with E-state index in [0.29, 0.717) is 12.1 Å². The average Bonchev–Trinajstić information content (AvgIpc) is 2.36. The van der Waals surface area contributed by atoms with Gasteiger partial charge in [0, 0.05) is 18.6 Å². The van der Waals surface area contributed by atoms with Crippen LogP contribution in [0.3, 0.4) is 0 Å². The van der Waals surface area contributed by atoms with Gasteiger partial charge in [0.15, 0.2) is 0 Å². The Hall–Kier alpha value is -1.40. The molecule has 18 heavy (non-hydrogen) atoms. The van der Waals surface area contributed by atoms with E-state index in [2.05, 4.69) is 18.7 Å². The Labute approximate surface area is 108 Å². The largest absolute Gasteiger partial charge is 0.294 e. The van der Waals surface area contributed by atoms with Gasteiger partial charge < -0.3 is 0 Å². The molecule has 0 aromatic heterocycles. The number of hydrogen-bond donors (Lipinski definition) is 0. The summed E-state index contributed by atoms with van der Waals surface area (Å²) in [6.45, 7) is 5.28. The molecule has 1 saturated heterocycles. The predicted molar refractivity (Wildman–Crippen MR) is 69.4 cm³/mol. The average molecular weight is 246 g/mol. The van der Waals surface area contributed by atoms with Crippen molar-refractivity contribution in [3.05, 3.63) is 35.1 Å². The van der Waals surface area contributed by atoms with Crippen LogP contribution in [0.25, 0.3) is 0 Å². The Kier molecular flexibility index (Phi) is 3.98. The number of rotatable bonds is 2. The quantitative estimate of drug-likeness (QED) is 0.799. The molecular weight excluding hydrogens is 227 g/mol. The standard InChI is InChI=1S/C15H19FN2/c1-11-4-3-5-12(2)18(11)10-13-6-7-15(16)14(8-13)9-17/h6-8,11-12H,3-5,10H2,1-2H3. The van der Waals surface area contributed by atoms with Crippen LogP contribution in [0.15, 0.2) is 18.2 Å². The third-order valence-electron chi connectivity index (χ3n) is 3.89. The molecule has 0 spiro atoms. The lowest BCUT2D eigenvalue weighted by Gasteiger charge is -2.39. The molecule has 0 amide bonds. The Morgan fingerprint density at radius 1 is 1.33 bits per heavy atom. The second kappa shape index (κ2) is 5.49. The second-order valence-corrected chi connectivity index (χ2v) is 5.23. The number of likely N-dealkylation sites (tertiary alicyclic amines) is 1. The third-order valence-corrected chi connectivity index (χ3v) is 3.89. The summed E-state index contributed by atoms with van der Waals surface area (Å²) >= 11 is 0. The molecule has 1 aliphatic rings. The number of piperidine rings is 1. The zero-order valence-corrected chi connectivity index (χ0v) is 11.0. The van der Waals surface area contributed by atoms with Crippen LogP contribution in [0.5, 0.6) is 0 Å². The van der Waals surface area contributed by atoms with Crippen LogP contribution >= 0.6 is 0 Å². The van der Waals surface area contributed by atoms with Crippen molar-refractivity contribution in [1.29, 1.82) is 5.26 Å². The maximum absolute atomic E-state index is 13.3. The van der Waals surface area contributed by atoms with Crippen LogP contribution in [0.4, 0.5) is 4.39 Å². The fraction of sp³-hybridized carbons (Fsp3) is 0.533. The molecule has 0 N–H and O–H groups in total. The van der Waals surface area contributed by atoms with E-state index in [1.54, 1.807) is 12.1 Å². The second-order valence-electron chi connectivity index (χ2n) is 5.23. The van der Waals surface area contributed by atoms with Crippen molar-refractivity contribution in [1.82, 2.24) is 4.90 Å². The molecule has 1 fully saturated rings. The zero-order chi connectivity index (χ0) is 13.1. The molecule has 2 unspecified atom stereocenters. The minimum absolute atomic E-state index is 0.143. The molecule has 1 aromatic carbocycles. The molecule has 2 nitrogen and oxygen atoms in total. The molecule has 1 aromatic rings. The Morgan fingerprint density at radius 2 is 2.00 bits per heavy atom. The van der Waals surface area contributed by atoms with Crippen molar-refractivity contribution in [2.24, 2.45) is 0 Å². The van der Waals surface area contributed by atoms with Gasteiger partial charge in [-0.25, -0.2) is 4.39 Å². The van der Waals surface area contributed by atoms with Crippen molar-refractivity contribution in [3.8, 4) is 6.07 Å². The summed E-state index contributed by atoms with van der Waals surface area (Å²) in [5.74, 6) is -0.430. The van der Waals surface area contributed by atoms with E-state index in [1.807, 2.05) is 6.07 Å². The fourth-order valence-electron chi connectivity index (χ4n) is 2.75. The third kappa shape index (κ3) is 2.70. The summed E-state index contributed by atoms with van der Waals surface area (Å²) in [5, 5.41) is 8.85. The topological polar surface area (TPSA) is 27.0 Å². The highest BCUT2D eigenvalue weighted by Crippen LogP contribution is 2.25. The van der Waals surface area contributed by atoms with Gasteiger partial charge in [-0.1, -0.05) is 12.5 Å². The molecule has 0 saturated carbocycles. The van der Waals surface area contributed by atoms with Crippen molar-refractivity contribution >= 4 is 0 Å². The number of nitrogens with zero attached hydrogens (tertiary/aromatic N) is 2. The summed E-state index contributed by atoms with van der Waals surface area (Å²) in [5.41, 5.74) is 1.17. The van der Waals surface area contributed by atoms with Crippen LogP contribution in [-0.4, -0.2) is 17.0 Å². The highest BCUT2D eigenvalue weighted by atomic mass is 19.1. The van der Waals surface area contributed by atoms with Gasteiger partial charge in [-0.3, -0.25) is 4.90 Å². The van der Waals surface area contributed by atoms with Crippen molar-refractivity contribution in [3.63, 3.8) is 0 Å². The first-order chi connectivity index (χ1) is 8.61. The van der Waals surface area contributed by atoms with Crippen LogP contribution in [0.1, 0.15) is 44.2 Å². The predicted octanol–water partition coefficient (Wildman–Crippen LogP) is 3.46. The van der Waals surface area contributed by atoms with Gasteiger partial charge in [0.05, 0.1) is 5.56 Å². The molecule has 1 aliphatic heterocycles. The summed E-state index contributed by atoms with van der Waals surface area (Å²) in [4.78, 5) is 2.44. The van der Waals surface area contributed by atoms with Gasteiger partial charge in [-0.15, -0.1) is 0 Å². The fourth-order valence-corrected chi connectivity index (χ4v) is 2.75. The monoisotopic (exact) mass is 246 g/mol. The Balaban J connectivity index is 2.15. The molecule has 1 heterocycles. The first-order valence-corrected chi connectivity index (χ1v) is 6.56. The molecule has 0 bridgehead atoms. The highest BCUT2D eigenvalue weighted by Gasteiger charge is 2.24. The van der Waals surface area contributed by atoms with Gasteiger partial charge in [-0.05, 0) is 44.4 Å². The van der Waals surface area contributed by atoms with E-state index in [9.17, 15) is 4.39 Å². The normalized spacial score (nSPS) is 24.8. The minimum atomic E-state index is -0.430. The molecule has 2 rings (SSSR count). The van der Waals surface area contributed by atoms with E-state index in [-0.39, 0.29) is 5.56 Å². The Morgan fingerprint density at radius 3 is 2.61 bits per heavy atom. The van der Waals surface area contributed by atoms with Gasteiger partial charge in [0.25, 0.3) is 0 Å². The van der Waals surface area contributed by atoms with Crippen molar-refractivity contribution < 1.29 is 4.39 Å². The first-order valence-electron chi connectivity index (χ1n) is 6.56. The molecule has 2 atom stereocenters. The van der Waals surface area contributed by atoms with Crippen molar-refractivity contribution in [2.45, 2.75) is 51.7 Å². The molecule has 96 valence electrons. The SMILES string of the molecule is CC1CCCC(C)N1Cc1ccc(F)c(C#N)c1. The van der Waals surface area contributed by atoms with E-state index in [4.69, 9.17) is 5.26 Å². The molecule has 3 heteroatoms. The van der Waals surface area contributed by atoms with Crippen molar-refractivity contribution in [2.75, 3.05) is 0 Å². The smallest absolute Gasteiger partial charge is 0.140 e. The van der Waals surface area contributed by atoms with Gasteiger partial charge in [0.1, 0.15) is 11.9 Å². The lowest BCUT2D eigenvalue weighted by Crippen LogP contribution is -2.42. The molecule has 0 radical (unpaired) electrons.